The van der Waals surface area contributed by atoms with Gasteiger partial charge in [-0.05, 0) is 12.8 Å². The molecule has 1 amide bonds. The van der Waals surface area contributed by atoms with Gasteiger partial charge in [-0.3, -0.25) is 14.3 Å². The fourth-order valence-corrected chi connectivity index (χ4v) is 1.54. The number of amides is 1. The standard InChI is InChI=1S/C10H14N4O3/c15-8(1-4-14-7-11-6-13-14)12-5-10(2-3-10)9(16)17/h6-7H,1-5H2,(H,12,15)(H,16,17). The molecule has 0 bridgehead atoms. The number of nitrogens with one attached hydrogen (secondary N) is 1. The van der Waals surface area contributed by atoms with Gasteiger partial charge in [0, 0.05) is 13.0 Å². The Bertz CT molecular complexity index is 411. The summed E-state index contributed by atoms with van der Waals surface area (Å²) in [6, 6.07) is 0. The zero-order chi connectivity index (χ0) is 12.3. The lowest BCUT2D eigenvalue weighted by atomic mass is 10.1. The van der Waals surface area contributed by atoms with Crippen molar-refractivity contribution in [2.45, 2.75) is 25.8 Å². The molecule has 1 aromatic rings. The number of hydrogen-bond acceptors (Lipinski definition) is 4. The molecule has 1 aromatic heterocycles. The number of carbonyl (C=O) groups is 2. The van der Waals surface area contributed by atoms with E-state index in [2.05, 4.69) is 15.4 Å². The van der Waals surface area contributed by atoms with Crippen molar-refractivity contribution < 1.29 is 14.7 Å². The summed E-state index contributed by atoms with van der Waals surface area (Å²) in [7, 11) is 0. The smallest absolute Gasteiger partial charge is 0.311 e. The molecule has 0 atom stereocenters. The van der Waals surface area contributed by atoms with Crippen molar-refractivity contribution in [3.8, 4) is 0 Å². The van der Waals surface area contributed by atoms with Crippen molar-refractivity contribution in [2.24, 2.45) is 5.41 Å². The number of aryl methyl sites for hydroxylation is 1. The van der Waals surface area contributed by atoms with Gasteiger partial charge in [0.1, 0.15) is 12.7 Å². The fourth-order valence-electron chi connectivity index (χ4n) is 1.54. The van der Waals surface area contributed by atoms with Crippen LogP contribution in [0.4, 0.5) is 0 Å². The van der Waals surface area contributed by atoms with E-state index in [9.17, 15) is 9.59 Å². The summed E-state index contributed by atoms with van der Waals surface area (Å²) < 4.78 is 1.56. The van der Waals surface area contributed by atoms with Crippen LogP contribution in [0.25, 0.3) is 0 Å². The average Bonchev–Trinajstić information content (AvgIpc) is 2.93. The Kier molecular flexibility index (Phi) is 3.08. The van der Waals surface area contributed by atoms with E-state index in [0.717, 1.165) is 0 Å². The van der Waals surface area contributed by atoms with Crippen molar-refractivity contribution in [3.05, 3.63) is 12.7 Å². The molecular formula is C10H14N4O3. The van der Waals surface area contributed by atoms with Crippen molar-refractivity contribution in [3.63, 3.8) is 0 Å². The zero-order valence-corrected chi connectivity index (χ0v) is 9.30. The van der Waals surface area contributed by atoms with Gasteiger partial charge >= 0.3 is 5.97 Å². The molecule has 0 saturated heterocycles. The predicted octanol–water partition coefficient (Wildman–Crippen LogP) is -0.351. The van der Waals surface area contributed by atoms with Crippen LogP contribution in [0, 0.1) is 5.41 Å². The zero-order valence-electron chi connectivity index (χ0n) is 9.30. The molecule has 0 spiro atoms. The molecule has 7 nitrogen and oxygen atoms in total. The van der Waals surface area contributed by atoms with E-state index in [1.165, 1.54) is 12.7 Å². The first kappa shape index (κ1) is 11.6. The Morgan fingerprint density at radius 1 is 1.47 bits per heavy atom. The van der Waals surface area contributed by atoms with E-state index >= 15 is 0 Å². The molecule has 2 N–H and O–H groups in total. The summed E-state index contributed by atoms with van der Waals surface area (Å²) in [6.45, 7) is 0.671. The summed E-state index contributed by atoms with van der Waals surface area (Å²) in [5.41, 5.74) is -0.705. The third kappa shape index (κ3) is 2.80. The fraction of sp³-hybridized carbons (Fsp3) is 0.600. The van der Waals surface area contributed by atoms with E-state index in [0.29, 0.717) is 19.4 Å². The van der Waals surface area contributed by atoms with Crippen LogP contribution in [0.3, 0.4) is 0 Å². The van der Waals surface area contributed by atoms with Crippen LogP contribution < -0.4 is 5.32 Å². The second-order valence-electron chi connectivity index (χ2n) is 4.27. The number of carbonyl (C=O) groups excluding carboxylic acids is 1. The van der Waals surface area contributed by atoms with Crippen LogP contribution in [0.1, 0.15) is 19.3 Å². The number of hydrogen-bond donors (Lipinski definition) is 2. The monoisotopic (exact) mass is 238 g/mol. The summed E-state index contributed by atoms with van der Waals surface area (Å²) in [4.78, 5) is 26.1. The minimum Gasteiger partial charge on any atom is -0.481 e. The topological polar surface area (TPSA) is 97.1 Å². The normalized spacial score (nSPS) is 16.5. The van der Waals surface area contributed by atoms with E-state index in [-0.39, 0.29) is 18.9 Å². The number of carboxylic acid groups (broad SMARTS) is 1. The molecule has 1 aliphatic carbocycles. The Labute approximate surface area is 97.8 Å². The molecule has 0 aliphatic heterocycles. The molecule has 1 fully saturated rings. The predicted molar refractivity (Wildman–Crippen MR) is 57.0 cm³/mol. The summed E-state index contributed by atoms with van der Waals surface area (Å²) >= 11 is 0. The molecular weight excluding hydrogens is 224 g/mol. The number of aromatic nitrogens is 3. The highest BCUT2D eigenvalue weighted by Crippen LogP contribution is 2.45. The Balaban J connectivity index is 1.70. The van der Waals surface area contributed by atoms with Gasteiger partial charge in [0.15, 0.2) is 0 Å². The third-order valence-corrected chi connectivity index (χ3v) is 2.97. The molecule has 1 heterocycles. The van der Waals surface area contributed by atoms with E-state index < -0.39 is 11.4 Å². The Hall–Kier alpha value is -1.92. The molecule has 0 radical (unpaired) electrons. The van der Waals surface area contributed by atoms with Gasteiger partial charge < -0.3 is 10.4 Å². The molecule has 0 aromatic carbocycles. The first-order chi connectivity index (χ1) is 8.12. The third-order valence-electron chi connectivity index (χ3n) is 2.97. The van der Waals surface area contributed by atoms with Gasteiger partial charge in [-0.25, -0.2) is 4.98 Å². The van der Waals surface area contributed by atoms with E-state index in [1.54, 1.807) is 4.68 Å². The summed E-state index contributed by atoms with van der Waals surface area (Å²) in [6.07, 6.45) is 4.50. The number of nitrogens with zero attached hydrogens (tertiary/aromatic N) is 3. The van der Waals surface area contributed by atoms with E-state index in [4.69, 9.17) is 5.11 Å². The molecule has 2 rings (SSSR count). The van der Waals surface area contributed by atoms with Gasteiger partial charge in [0.2, 0.25) is 5.91 Å². The quantitative estimate of drug-likeness (QED) is 0.706. The van der Waals surface area contributed by atoms with Crippen LogP contribution in [-0.2, 0) is 16.1 Å². The SMILES string of the molecule is O=C(CCn1cncn1)NCC1(C(=O)O)CC1. The molecule has 7 heteroatoms. The minimum atomic E-state index is -0.825. The molecule has 0 unspecified atom stereocenters. The number of carboxylic acids is 1. The maximum atomic E-state index is 11.5. The first-order valence-electron chi connectivity index (χ1n) is 5.45. The van der Waals surface area contributed by atoms with Gasteiger partial charge in [0.05, 0.1) is 12.0 Å². The lowest BCUT2D eigenvalue weighted by Crippen LogP contribution is -2.34. The van der Waals surface area contributed by atoms with Gasteiger partial charge in [-0.15, -0.1) is 0 Å². The van der Waals surface area contributed by atoms with Crippen LogP contribution >= 0.6 is 0 Å². The lowest BCUT2D eigenvalue weighted by molar-refractivity contribution is -0.143. The van der Waals surface area contributed by atoms with Crippen LogP contribution in [0.2, 0.25) is 0 Å². The molecule has 1 aliphatic rings. The summed E-state index contributed by atoms with van der Waals surface area (Å²) in [5, 5.41) is 15.4. The Morgan fingerprint density at radius 3 is 2.76 bits per heavy atom. The minimum absolute atomic E-state index is 0.159. The second kappa shape index (κ2) is 4.52. The van der Waals surface area contributed by atoms with Crippen LogP contribution in [-0.4, -0.2) is 38.3 Å². The van der Waals surface area contributed by atoms with Gasteiger partial charge in [0.25, 0.3) is 0 Å². The lowest BCUT2D eigenvalue weighted by Gasteiger charge is -2.10. The average molecular weight is 238 g/mol. The van der Waals surface area contributed by atoms with Gasteiger partial charge in [-0.2, -0.15) is 5.10 Å². The highest BCUT2D eigenvalue weighted by atomic mass is 16.4. The van der Waals surface area contributed by atoms with Crippen LogP contribution in [0.15, 0.2) is 12.7 Å². The van der Waals surface area contributed by atoms with E-state index in [1.807, 2.05) is 0 Å². The number of aliphatic carboxylic acids is 1. The molecule has 1 saturated carbocycles. The highest BCUT2D eigenvalue weighted by Gasteiger charge is 2.50. The first-order valence-corrected chi connectivity index (χ1v) is 5.45. The van der Waals surface area contributed by atoms with Gasteiger partial charge in [-0.1, -0.05) is 0 Å². The Morgan fingerprint density at radius 2 is 2.24 bits per heavy atom. The maximum absolute atomic E-state index is 11.5. The van der Waals surface area contributed by atoms with Crippen molar-refractivity contribution in [2.75, 3.05) is 6.54 Å². The van der Waals surface area contributed by atoms with Crippen molar-refractivity contribution in [1.82, 2.24) is 20.1 Å². The number of rotatable bonds is 6. The second-order valence-corrected chi connectivity index (χ2v) is 4.27. The van der Waals surface area contributed by atoms with Crippen molar-refractivity contribution in [1.29, 1.82) is 0 Å². The summed E-state index contributed by atoms with van der Waals surface area (Å²) in [5.74, 6) is -0.984. The largest absolute Gasteiger partial charge is 0.481 e. The molecule has 92 valence electrons. The van der Waals surface area contributed by atoms with Crippen LogP contribution in [0.5, 0.6) is 0 Å². The molecule has 17 heavy (non-hydrogen) atoms. The maximum Gasteiger partial charge on any atom is 0.311 e. The highest BCUT2D eigenvalue weighted by molar-refractivity contribution is 5.80. The van der Waals surface area contributed by atoms with Crippen molar-refractivity contribution >= 4 is 11.9 Å².